The Balaban J connectivity index is 2.04. The lowest BCUT2D eigenvalue weighted by Gasteiger charge is -2.11. The number of hydrogen-bond acceptors (Lipinski definition) is 4. The quantitative estimate of drug-likeness (QED) is 0.800. The first-order chi connectivity index (χ1) is 12.0. The van der Waals surface area contributed by atoms with Crippen molar-refractivity contribution < 1.29 is 9.53 Å². The lowest BCUT2D eigenvalue weighted by molar-refractivity contribution is -0.121. The number of aryl methyl sites for hydroxylation is 1. The zero-order valence-electron chi connectivity index (χ0n) is 15.0. The van der Waals surface area contributed by atoms with Gasteiger partial charge in [-0.25, -0.2) is 4.68 Å². The lowest BCUT2D eigenvalue weighted by atomic mass is 10.1. The van der Waals surface area contributed by atoms with Crippen LogP contribution in [0.15, 0.2) is 41.2 Å². The fraction of sp³-hybridized carbons (Fsp3) is 0.421. The molecular formula is C19H25N3O3. The summed E-state index contributed by atoms with van der Waals surface area (Å²) in [7, 11) is 1.61. The minimum atomic E-state index is -0.172. The van der Waals surface area contributed by atoms with Gasteiger partial charge >= 0.3 is 0 Å². The first-order valence-corrected chi connectivity index (χ1v) is 8.55. The van der Waals surface area contributed by atoms with Gasteiger partial charge in [-0.15, -0.1) is 0 Å². The molecule has 25 heavy (non-hydrogen) atoms. The van der Waals surface area contributed by atoms with Crippen molar-refractivity contribution in [1.82, 2.24) is 15.1 Å². The van der Waals surface area contributed by atoms with Gasteiger partial charge in [0.05, 0.1) is 12.8 Å². The standard InChI is InChI=1S/C19H25N3O3/c1-4-14(2)20-18(23)9-6-12-22-19(24)11-10-17(21-22)15-7-5-8-16(13-15)25-3/h5,7-8,10-11,13-14H,4,6,9,12H2,1-3H3,(H,20,23). The molecule has 0 aliphatic heterocycles. The van der Waals surface area contributed by atoms with Crippen molar-refractivity contribution in [3.05, 3.63) is 46.8 Å². The number of nitrogens with one attached hydrogen (secondary N) is 1. The van der Waals surface area contributed by atoms with Crippen molar-refractivity contribution in [2.45, 2.75) is 45.7 Å². The van der Waals surface area contributed by atoms with Gasteiger partial charge in [-0.05, 0) is 38.0 Å². The highest BCUT2D eigenvalue weighted by Gasteiger charge is 2.08. The van der Waals surface area contributed by atoms with Crippen molar-refractivity contribution in [3.63, 3.8) is 0 Å². The molecule has 6 nitrogen and oxygen atoms in total. The first kappa shape index (κ1) is 18.7. The smallest absolute Gasteiger partial charge is 0.266 e. The number of nitrogens with zero attached hydrogens (tertiary/aromatic N) is 2. The number of hydrogen-bond donors (Lipinski definition) is 1. The molecule has 0 bridgehead atoms. The van der Waals surface area contributed by atoms with Crippen LogP contribution in [0.2, 0.25) is 0 Å². The molecule has 0 saturated heterocycles. The molecule has 2 rings (SSSR count). The molecule has 1 unspecified atom stereocenters. The number of amides is 1. The van der Waals surface area contributed by atoms with Crippen LogP contribution in [0.5, 0.6) is 5.75 Å². The SMILES string of the molecule is CCC(C)NC(=O)CCCn1nc(-c2cccc(OC)c2)ccc1=O. The van der Waals surface area contributed by atoms with Crippen LogP contribution in [0.25, 0.3) is 11.3 Å². The van der Waals surface area contributed by atoms with Crippen molar-refractivity contribution in [2.75, 3.05) is 7.11 Å². The van der Waals surface area contributed by atoms with Gasteiger partial charge in [0.15, 0.2) is 0 Å². The molecule has 1 atom stereocenters. The minimum absolute atomic E-state index is 0.00588. The summed E-state index contributed by atoms with van der Waals surface area (Å²) in [4.78, 5) is 23.8. The van der Waals surface area contributed by atoms with Crippen LogP contribution in [-0.2, 0) is 11.3 Å². The van der Waals surface area contributed by atoms with Crippen LogP contribution < -0.4 is 15.6 Å². The Bertz CT molecular complexity index is 771. The summed E-state index contributed by atoms with van der Waals surface area (Å²) in [6.07, 6.45) is 1.84. The Morgan fingerprint density at radius 3 is 2.84 bits per heavy atom. The number of carbonyl (C=O) groups excluding carboxylic acids is 1. The van der Waals surface area contributed by atoms with Crippen LogP contribution in [0, 0.1) is 0 Å². The predicted molar refractivity (Wildman–Crippen MR) is 97.6 cm³/mol. The van der Waals surface area contributed by atoms with E-state index in [1.165, 1.54) is 10.7 Å². The summed E-state index contributed by atoms with van der Waals surface area (Å²) >= 11 is 0. The second-order valence-corrected chi connectivity index (χ2v) is 5.99. The van der Waals surface area contributed by atoms with Gasteiger partial charge in [0.1, 0.15) is 5.75 Å². The van der Waals surface area contributed by atoms with Gasteiger partial charge in [0, 0.05) is 30.6 Å². The van der Waals surface area contributed by atoms with Gasteiger partial charge in [-0.2, -0.15) is 5.10 Å². The Morgan fingerprint density at radius 1 is 1.32 bits per heavy atom. The second kappa shape index (κ2) is 9.01. The lowest BCUT2D eigenvalue weighted by Crippen LogP contribution is -2.32. The Labute approximate surface area is 147 Å². The number of carbonyl (C=O) groups is 1. The maximum atomic E-state index is 12.0. The fourth-order valence-electron chi connectivity index (χ4n) is 2.38. The van der Waals surface area contributed by atoms with Crippen molar-refractivity contribution in [1.29, 1.82) is 0 Å². The molecule has 1 aromatic heterocycles. The van der Waals surface area contributed by atoms with Gasteiger partial charge in [0.25, 0.3) is 5.56 Å². The molecule has 1 amide bonds. The van der Waals surface area contributed by atoms with E-state index < -0.39 is 0 Å². The third kappa shape index (κ3) is 5.45. The molecule has 6 heteroatoms. The first-order valence-electron chi connectivity index (χ1n) is 8.55. The van der Waals surface area contributed by atoms with Crippen LogP contribution in [0.1, 0.15) is 33.1 Å². The van der Waals surface area contributed by atoms with E-state index in [9.17, 15) is 9.59 Å². The average molecular weight is 343 g/mol. The van der Waals surface area contributed by atoms with E-state index in [2.05, 4.69) is 10.4 Å². The summed E-state index contributed by atoms with van der Waals surface area (Å²) in [6.45, 7) is 4.41. The Hall–Kier alpha value is -2.63. The van der Waals surface area contributed by atoms with Gasteiger partial charge in [-0.3, -0.25) is 9.59 Å². The molecule has 0 radical (unpaired) electrons. The molecule has 1 heterocycles. The third-order valence-electron chi connectivity index (χ3n) is 4.03. The van der Waals surface area contributed by atoms with Crippen LogP contribution in [0.3, 0.4) is 0 Å². The molecule has 1 N–H and O–H groups in total. The molecular weight excluding hydrogens is 318 g/mol. The summed E-state index contributed by atoms with van der Waals surface area (Å²) < 4.78 is 6.63. The summed E-state index contributed by atoms with van der Waals surface area (Å²) in [5.41, 5.74) is 1.40. The van der Waals surface area contributed by atoms with Crippen LogP contribution in [0.4, 0.5) is 0 Å². The normalized spacial score (nSPS) is 11.8. The zero-order chi connectivity index (χ0) is 18.2. The second-order valence-electron chi connectivity index (χ2n) is 5.99. The highest BCUT2D eigenvalue weighted by atomic mass is 16.5. The monoisotopic (exact) mass is 343 g/mol. The summed E-state index contributed by atoms with van der Waals surface area (Å²) in [6, 6.07) is 10.9. The number of rotatable bonds is 8. The average Bonchev–Trinajstić information content (AvgIpc) is 2.63. The number of aromatic nitrogens is 2. The Morgan fingerprint density at radius 2 is 2.12 bits per heavy atom. The fourth-order valence-corrected chi connectivity index (χ4v) is 2.38. The third-order valence-corrected chi connectivity index (χ3v) is 4.03. The van der Waals surface area contributed by atoms with Gasteiger partial charge in [0.2, 0.25) is 5.91 Å². The van der Waals surface area contributed by atoms with Crippen LogP contribution >= 0.6 is 0 Å². The van der Waals surface area contributed by atoms with Gasteiger partial charge < -0.3 is 10.1 Å². The van der Waals surface area contributed by atoms with Crippen LogP contribution in [-0.4, -0.2) is 28.8 Å². The molecule has 134 valence electrons. The number of benzene rings is 1. The van der Waals surface area contributed by atoms with E-state index in [1.807, 2.05) is 38.1 Å². The van der Waals surface area contributed by atoms with E-state index in [4.69, 9.17) is 4.74 Å². The molecule has 0 aliphatic carbocycles. The minimum Gasteiger partial charge on any atom is -0.497 e. The van der Waals surface area contributed by atoms with E-state index in [0.29, 0.717) is 25.1 Å². The molecule has 0 spiro atoms. The van der Waals surface area contributed by atoms with Crippen molar-refractivity contribution in [2.24, 2.45) is 0 Å². The number of ether oxygens (including phenoxy) is 1. The van der Waals surface area contributed by atoms with E-state index in [-0.39, 0.29) is 17.5 Å². The molecule has 2 aromatic rings. The van der Waals surface area contributed by atoms with Crippen molar-refractivity contribution >= 4 is 5.91 Å². The summed E-state index contributed by atoms with van der Waals surface area (Å²) in [5, 5.41) is 7.33. The predicted octanol–water partition coefficient (Wildman–Crippen LogP) is 2.61. The summed E-state index contributed by atoms with van der Waals surface area (Å²) in [5.74, 6) is 0.741. The molecule has 1 aromatic carbocycles. The van der Waals surface area contributed by atoms with E-state index in [1.54, 1.807) is 13.2 Å². The topological polar surface area (TPSA) is 73.2 Å². The Kier molecular flexibility index (Phi) is 6.74. The zero-order valence-corrected chi connectivity index (χ0v) is 15.0. The largest absolute Gasteiger partial charge is 0.497 e. The maximum absolute atomic E-state index is 12.0. The number of methoxy groups -OCH3 is 1. The van der Waals surface area contributed by atoms with Gasteiger partial charge in [-0.1, -0.05) is 19.1 Å². The highest BCUT2D eigenvalue weighted by Crippen LogP contribution is 2.21. The molecule has 0 aliphatic rings. The highest BCUT2D eigenvalue weighted by molar-refractivity contribution is 5.76. The van der Waals surface area contributed by atoms with Crippen molar-refractivity contribution in [3.8, 4) is 17.0 Å². The maximum Gasteiger partial charge on any atom is 0.266 e. The molecule has 0 saturated carbocycles. The molecule has 0 fully saturated rings. The van der Waals surface area contributed by atoms with E-state index in [0.717, 1.165) is 17.7 Å². The van der Waals surface area contributed by atoms with E-state index >= 15 is 0 Å².